The van der Waals surface area contributed by atoms with E-state index in [-0.39, 0.29) is 22.6 Å². The van der Waals surface area contributed by atoms with Gasteiger partial charge in [-0.2, -0.15) is 0 Å². The lowest BCUT2D eigenvalue weighted by Gasteiger charge is -2.44. The van der Waals surface area contributed by atoms with Crippen molar-refractivity contribution in [3.8, 4) is 0 Å². The molecule has 1 aromatic rings. The Hall–Kier alpha value is -0.680. The minimum Gasteiger partial charge on any atom is -0.381 e. The molecule has 0 radical (unpaired) electrons. The average molecular weight is 314 g/mol. The van der Waals surface area contributed by atoms with E-state index in [9.17, 15) is 4.39 Å². The monoisotopic (exact) mass is 313 g/mol. The lowest BCUT2D eigenvalue weighted by atomic mass is 9.76. The van der Waals surface area contributed by atoms with E-state index >= 15 is 0 Å². The molecule has 2 N–H and O–H groups in total. The van der Waals surface area contributed by atoms with E-state index in [1.54, 1.807) is 6.07 Å². The molecule has 0 amide bonds. The van der Waals surface area contributed by atoms with Gasteiger partial charge in [0.05, 0.1) is 10.6 Å². The Morgan fingerprint density at radius 2 is 2.05 bits per heavy atom. The highest BCUT2D eigenvalue weighted by molar-refractivity contribution is 6.31. The molecule has 2 unspecified atom stereocenters. The molecule has 2 aliphatic heterocycles. The van der Waals surface area contributed by atoms with Crippen LogP contribution in [0.3, 0.4) is 0 Å². The zero-order chi connectivity index (χ0) is 14.9. The van der Waals surface area contributed by atoms with Gasteiger partial charge < -0.3 is 15.2 Å². The number of halogens is 2. The van der Waals surface area contributed by atoms with Crippen molar-refractivity contribution in [1.82, 2.24) is 0 Å². The Morgan fingerprint density at radius 3 is 2.81 bits per heavy atom. The minimum absolute atomic E-state index is 0.113. The maximum Gasteiger partial charge on any atom is 0.142 e. The van der Waals surface area contributed by atoms with Crippen LogP contribution in [0.5, 0.6) is 0 Å². The van der Waals surface area contributed by atoms with Crippen molar-refractivity contribution in [3.05, 3.63) is 34.6 Å². The second kappa shape index (κ2) is 6.21. The molecule has 5 heteroatoms. The standard InChI is InChI=1S/C16H21ClFNO2/c17-14-12(2-1-3-13(14)18)15(19)11-4-7-21-16(10-11)5-8-20-9-6-16/h1-3,11,15H,4-10,19H2. The van der Waals surface area contributed by atoms with Crippen LogP contribution >= 0.6 is 11.6 Å². The van der Waals surface area contributed by atoms with Gasteiger partial charge in [-0.15, -0.1) is 0 Å². The summed E-state index contributed by atoms with van der Waals surface area (Å²) >= 11 is 6.08. The third-order valence-electron chi connectivity index (χ3n) is 4.78. The summed E-state index contributed by atoms with van der Waals surface area (Å²) in [4.78, 5) is 0. The topological polar surface area (TPSA) is 44.5 Å². The summed E-state index contributed by atoms with van der Waals surface area (Å²) < 4.78 is 25.1. The lowest BCUT2D eigenvalue weighted by molar-refractivity contribution is -0.149. The fraction of sp³-hybridized carbons (Fsp3) is 0.625. The highest BCUT2D eigenvalue weighted by Gasteiger charge is 2.41. The number of benzene rings is 1. The van der Waals surface area contributed by atoms with E-state index in [1.807, 2.05) is 6.07 Å². The normalized spacial score (nSPS) is 26.7. The van der Waals surface area contributed by atoms with Crippen molar-refractivity contribution >= 4 is 11.6 Å². The molecule has 1 aromatic carbocycles. The molecular weight excluding hydrogens is 293 g/mol. The Kier molecular flexibility index (Phi) is 4.50. The number of hydrogen-bond acceptors (Lipinski definition) is 3. The van der Waals surface area contributed by atoms with Crippen LogP contribution in [0.4, 0.5) is 4.39 Å². The van der Waals surface area contributed by atoms with E-state index in [4.69, 9.17) is 26.8 Å². The molecule has 2 fully saturated rings. The Bertz CT molecular complexity index is 500. The molecule has 2 atom stereocenters. The molecular formula is C16H21ClFNO2. The quantitative estimate of drug-likeness (QED) is 0.909. The third-order valence-corrected chi connectivity index (χ3v) is 5.18. The van der Waals surface area contributed by atoms with Crippen molar-refractivity contribution in [3.63, 3.8) is 0 Å². The Balaban J connectivity index is 1.78. The van der Waals surface area contributed by atoms with Crippen LogP contribution in [0.15, 0.2) is 18.2 Å². The molecule has 21 heavy (non-hydrogen) atoms. The molecule has 2 saturated heterocycles. The average Bonchev–Trinajstić information content (AvgIpc) is 2.50. The molecule has 0 aliphatic carbocycles. The smallest absolute Gasteiger partial charge is 0.142 e. The summed E-state index contributed by atoms with van der Waals surface area (Å²) in [5, 5.41) is 0.150. The maximum atomic E-state index is 13.6. The van der Waals surface area contributed by atoms with Crippen molar-refractivity contribution in [2.75, 3.05) is 19.8 Å². The predicted octanol–water partition coefficient (Wildman–Crippen LogP) is 3.45. The lowest BCUT2D eigenvalue weighted by Crippen LogP contribution is -2.46. The van der Waals surface area contributed by atoms with E-state index < -0.39 is 5.82 Å². The predicted molar refractivity (Wildman–Crippen MR) is 79.8 cm³/mol. The molecule has 0 saturated carbocycles. The Morgan fingerprint density at radius 1 is 1.29 bits per heavy atom. The molecule has 0 aromatic heterocycles. The van der Waals surface area contributed by atoms with Crippen LogP contribution < -0.4 is 5.73 Å². The summed E-state index contributed by atoms with van der Waals surface area (Å²) in [7, 11) is 0. The van der Waals surface area contributed by atoms with Gasteiger partial charge in [0.1, 0.15) is 5.82 Å². The second-order valence-electron chi connectivity index (χ2n) is 6.07. The van der Waals surface area contributed by atoms with Gasteiger partial charge in [0, 0.05) is 25.9 Å². The summed E-state index contributed by atoms with van der Waals surface area (Å²) in [5.41, 5.74) is 6.98. The van der Waals surface area contributed by atoms with Gasteiger partial charge in [0.15, 0.2) is 0 Å². The zero-order valence-corrected chi connectivity index (χ0v) is 12.7. The fourth-order valence-corrected chi connectivity index (χ4v) is 3.75. The van der Waals surface area contributed by atoms with E-state index in [0.717, 1.165) is 38.9 Å². The van der Waals surface area contributed by atoms with Crippen molar-refractivity contribution < 1.29 is 13.9 Å². The van der Waals surface area contributed by atoms with Crippen molar-refractivity contribution in [1.29, 1.82) is 0 Å². The van der Waals surface area contributed by atoms with E-state index in [0.29, 0.717) is 12.2 Å². The minimum atomic E-state index is -0.405. The third kappa shape index (κ3) is 3.09. The summed E-state index contributed by atoms with van der Waals surface area (Å²) in [6, 6.07) is 4.60. The highest BCUT2D eigenvalue weighted by Crippen LogP contribution is 2.42. The van der Waals surface area contributed by atoms with E-state index in [1.165, 1.54) is 6.07 Å². The van der Waals surface area contributed by atoms with Crippen LogP contribution in [0, 0.1) is 11.7 Å². The van der Waals surface area contributed by atoms with Crippen molar-refractivity contribution in [2.24, 2.45) is 11.7 Å². The molecule has 116 valence electrons. The van der Waals surface area contributed by atoms with E-state index in [2.05, 4.69) is 0 Å². The number of ether oxygens (including phenoxy) is 2. The van der Waals surface area contributed by atoms with Gasteiger partial charge in [-0.05, 0) is 43.2 Å². The first-order valence-corrected chi connectivity index (χ1v) is 7.90. The molecule has 3 nitrogen and oxygen atoms in total. The van der Waals surface area contributed by atoms with Crippen molar-refractivity contribution in [2.45, 2.75) is 37.3 Å². The highest BCUT2D eigenvalue weighted by atomic mass is 35.5. The zero-order valence-electron chi connectivity index (χ0n) is 12.0. The van der Waals surface area contributed by atoms with Gasteiger partial charge in [-0.25, -0.2) is 4.39 Å². The molecule has 2 aliphatic rings. The largest absolute Gasteiger partial charge is 0.381 e. The first-order valence-electron chi connectivity index (χ1n) is 7.52. The first-order chi connectivity index (χ1) is 10.1. The fourth-order valence-electron chi connectivity index (χ4n) is 3.50. The van der Waals surface area contributed by atoms with Crippen LogP contribution in [-0.4, -0.2) is 25.4 Å². The van der Waals surface area contributed by atoms with Crippen LogP contribution in [-0.2, 0) is 9.47 Å². The summed E-state index contributed by atoms with van der Waals surface area (Å²) in [6.45, 7) is 2.18. The molecule has 3 rings (SSSR count). The maximum absolute atomic E-state index is 13.6. The van der Waals surface area contributed by atoms with Gasteiger partial charge in [-0.3, -0.25) is 0 Å². The summed E-state index contributed by atoms with van der Waals surface area (Å²) in [5.74, 6) is -0.145. The summed E-state index contributed by atoms with van der Waals surface area (Å²) in [6.07, 6.45) is 3.60. The molecule has 1 spiro atoms. The number of hydrogen-bond donors (Lipinski definition) is 1. The van der Waals surface area contributed by atoms with Gasteiger partial charge in [0.2, 0.25) is 0 Å². The Labute approximate surface area is 129 Å². The SMILES string of the molecule is NC(c1cccc(F)c1Cl)C1CCOC2(CCOCC2)C1. The second-order valence-corrected chi connectivity index (χ2v) is 6.44. The molecule has 0 bridgehead atoms. The van der Waals surface area contributed by atoms with Crippen LogP contribution in [0.1, 0.15) is 37.3 Å². The first kappa shape index (κ1) is 15.2. The number of rotatable bonds is 2. The van der Waals surface area contributed by atoms with Crippen LogP contribution in [0.2, 0.25) is 5.02 Å². The van der Waals surface area contributed by atoms with Gasteiger partial charge in [-0.1, -0.05) is 23.7 Å². The van der Waals surface area contributed by atoms with Gasteiger partial charge in [0.25, 0.3) is 0 Å². The van der Waals surface area contributed by atoms with Gasteiger partial charge >= 0.3 is 0 Å². The van der Waals surface area contributed by atoms with Crippen LogP contribution in [0.25, 0.3) is 0 Å². The number of nitrogens with two attached hydrogens (primary N) is 1. The molecule has 2 heterocycles.